The maximum atomic E-state index is 6.29. The normalized spacial score (nSPS) is 20.7. The molecule has 1 atom stereocenters. The smallest absolute Gasteiger partial charge is 0.189 e. The van der Waals surface area contributed by atoms with Crippen LogP contribution in [-0.2, 0) is 10.2 Å². The number of hydrogen-bond acceptors (Lipinski definition) is 3. The molecule has 7 heteroatoms. The first-order valence-electron chi connectivity index (χ1n) is 9.78. The molecule has 0 bridgehead atoms. The summed E-state index contributed by atoms with van der Waals surface area (Å²) in [5.74, 6) is 1.38. The second-order valence-corrected chi connectivity index (χ2v) is 7.91. The second-order valence-electron chi connectivity index (χ2n) is 7.48. The Hall–Kier alpha value is -1.51. The molecule has 2 aromatic carbocycles. The average molecular weight is 528 g/mol. The van der Waals surface area contributed by atoms with Crippen LogP contribution >= 0.6 is 35.6 Å². The lowest BCUT2D eigenvalue weighted by Gasteiger charge is -2.37. The third-order valence-corrected chi connectivity index (χ3v) is 5.95. The van der Waals surface area contributed by atoms with Crippen LogP contribution in [0.3, 0.4) is 0 Å². The van der Waals surface area contributed by atoms with Crippen molar-refractivity contribution in [2.24, 2.45) is 10.7 Å². The highest BCUT2D eigenvalue weighted by Gasteiger charge is 2.34. The van der Waals surface area contributed by atoms with Crippen LogP contribution in [0, 0.1) is 0 Å². The molecule has 1 saturated heterocycles. The number of benzene rings is 2. The van der Waals surface area contributed by atoms with Crippen molar-refractivity contribution in [1.82, 2.24) is 5.32 Å². The number of nitrogens with one attached hydrogen (secondary N) is 1. The molecule has 1 fully saturated rings. The molecular weight excluding hydrogens is 501 g/mol. The van der Waals surface area contributed by atoms with E-state index in [0.717, 1.165) is 48.8 Å². The van der Waals surface area contributed by atoms with E-state index < -0.39 is 0 Å². The van der Waals surface area contributed by atoms with Crippen LogP contribution in [0.1, 0.15) is 36.4 Å². The Bertz CT molecular complexity index is 855. The fraction of sp³-hybridized carbons (Fsp3) is 0.409. The topological polar surface area (TPSA) is 68.9 Å². The van der Waals surface area contributed by atoms with Gasteiger partial charge in [-0.25, -0.2) is 0 Å². The molecule has 2 aliphatic heterocycles. The molecule has 0 amide bonds. The summed E-state index contributed by atoms with van der Waals surface area (Å²) in [4.78, 5) is 4.74. The Kier molecular flexibility index (Phi) is 7.65. The van der Waals surface area contributed by atoms with Crippen LogP contribution < -0.4 is 15.8 Å². The molecular formula is C22H27ClIN3O2. The van der Waals surface area contributed by atoms with E-state index in [9.17, 15) is 0 Å². The van der Waals surface area contributed by atoms with Crippen molar-refractivity contribution < 1.29 is 9.47 Å². The molecule has 0 saturated carbocycles. The molecule has 5 nitrogen and oxygen atoms in total. The number of ether oxygens (including phenoxy) is 2. The third-order valence-electron chi connectivity index (χ3n) is 5.72. The second kappa shape index (κ2) is 10.00. The monoisotopic (exact) mass is 527 g/mol. The Labute approximate surface area is 194 Å². The minimum Gasteiger partial charge on any atom is -0.493 e. The predicted molar refractivity (Wildman–Crippen MR) is 128 cm³/mol. The van der Waals surface area contributed by atoms with Crippen molar-refractivity contribution in [3.8, 4) is 5.75 Å². The Morgan fingerprint density at radius 1 is 1.14 bits per heavy atom. The number of rotatable bonds is 4. The molecule has 3 N–H and O–H groups in total. The fourth-order valence-corrected chi connectivity index (χ4v) is 4.26. The lowest BCUT2D eigenvalue weighted by molar-refractivity contribution is 0.0531. The van der Waals surface area contributed by atoms with Gasteiger partial charge >= 0.3 is 0 Å². The highest BCUT2D eigenvalue weighted by atomic mass is 127. The maximum absolute atomic E-state index is 6.29. The van der Waals surface area contributed by atoms with Crippen molar-refractivity contribution in [3.63, 3.8) is 0 Å². The average Bonchev–Trinajstić information content (AvgIpc) is 2.73. The molecule has 0 radical (unpaired) electrons. The van der Waals surface area contributed by atoms with Gasteiger partial charge in [-0.1, -0.05) is 41.9 Å². The van der Waals surface area contributed by atoms with Crippen LogP contribution in [0.2, 0.25) is 5.02 Å². The van der Waals surface area contributed by atoms with Gasteiger partial charge in [0.25, 0.3) is 0 Å². The van der Waals surface area contributed by atoms with Gasteiger partial charge in [-0.05, 0) is 36.6 Å². The van der Waals surface area contributed by atoms with Crippen LogP contribution in [-0.4, -0.2) is 32.3 Å². The van der Waals surface area contributed by atoms with E-state index in [2.05, 4.69) is 17.4 Å². The summed E-state index contributed by atoms with van der Waals surface area (Å²) in [7, 11) is 0. The van der Waals surface area contributed by atoms with Gasteiger partial charge in [-0.3, -0.25) is 4.99 Å². The van der Waals surface area contributed by atoms with Gasteiger partial charge in [0, 0.05) is 35.6 Å². The first kappa shape index (κ1) is 22.2. The van der Waals surface area contributed by atoms with Gasteiger partial charge in [0.2, 0.25) is 0 Å². The quantitative estimate of drug-likeness (QED) is 0.351. The first-order chi connectivity index (χ1) is 13.7. The number of aliphatic imine (C=N–C) groups is 1. The van der Waals surface area contributed by atoms with E-state index in [4.69, 9.17) is 31.8 Å². The first-order valence-corrected chi connectivity index (χ1v) is 10.2. The zero-order valence-corrected chi connectivity index (χ0v) is 19.4. The molecule has 29 heavy (non-hydrogen) atoms. The van der Waals surface area contributed by atoms with Gasteiger partial charge in [0.05, 0.1) is 19.2 Å². The van der Waals surface area contributed by atoms with Crippen LogP contribution in [0.4, 0.5) is 0 Å². The Balaban J connectivity index is 0.00000240. The van der Waals surface area contributed by atoms with Crippen LogP contribution in [0.5, 0.6) is 5.75 Å². The molecule has 0 spiro atoms. The van der Waals surface area contributed by atoms with E-state index in [1.807, 2.05) is 36.4 Å². The van der Waals surface area contributed by atoms with Gasteiger partial charge in [0.1, 0.15) is 5.75 Å². The van der Waals surface area contributed by atoms with Crippen molar-refractivity contribution in [2.45, 2.75) is 30.7 Å². The number of nitrogens with zero attached hydrogens (tertiary/aromatic N) is 1. The molecule has 1 unspecified atom stereocenters. The lowest BCUT2D eigenvalue weighted by Crippen LogP contribution is -2.41. The van der Waals surface area contributed by atoms with Crippen molar-refractivity contribution >= 4 is 41.5 Å². The minimum atomic E-state index is -0.0942. The summed E-state index contributed by atoms with van der Waals surface area (Å²) in [6.07, 6.45) is 2.68. The molecule has 0 aromatic heterocycles. The summed E-state index contributed by atoms with van der Waals surface area (Å²) in [6.45, 7) is 2.73. The summed E-state index contributed by atoms with van der Waals surface area (Å²) in [5, 5.41) is 4.13. The van der Waals surface area contributed by atoms with Gasteiger partial charge in [-0.2, -0.15) is 0 Å². The molecule has 4 rings (SSSR count). The minimum absolute atomic E-state index is 0. The highest BCUT2D eigenvalue weighted by Crippen LogP contribution is 2.36. The molecule has 156 valence electrons. The van der Waals surface area contributed by atoms with Crippen LogP contribution in [0.15, 0.2) is 53.5 Å². The zero-order chi connectivity index (χ0) is 19.4. The molecule has 2 aromatic rings. The Morgan fingerprint density at radius 3 is 2.72 bits per heavy atom. The molecule has 2 heterocycles. The van der Waals surface area contributed by atoms with E-state index in [-0.39, 0.29) is 35.4 Å². The summed E-state index contributed by atoms with van der Waals surface area (Å²) < 4.78 is 11.3. The SMILES string of the molecule is I.NC(=NCC1(c2cccc(Cl)c2)CCOCC1)NC1CCOc2ccccc21. The number of halogens is 2. The number of nitrogens with two attached hydrogens (primary N) is 1. The lowest BCUT2D eigenvalue weighted by atomic mass is 9.74. The molecule has 0 aliphatic carbocycles. The predicted octanol–water partition coefficient (Wildman–Crippen LogP) is 4.43. The standard InChI is InChI=1S/C22H26ClN3O2.HI/c23-17-5-3-4-16(14-17)22(9-12-27-13-10-22)15-25-21(24)26-19-8-11-28-20-7-2-1-6-18(19)20;/h1-7,14,19H,8-13,15H2,(H3,24,25,26);1H. The van der Waals surface area contributed by atoms with E-state index >= 15 is 0 Å². The Morgan fingerprint density at radius 2 is 1.93 bits per heavy atom. The third kappa shape index (κ3) is 5.16. The maximum Gasteiger partial charge on any atom is 0.189 e. The highest BCUT2D eigenvalue weighted by molar-refractivity contribution is 14.0. The van der Waals surface area contributed by atoms with Gasteiger partial charge < -0.3 is 20.5 Å². The number of hydrogen-bond donors (Lipinski definition) is 2. The number of guanidine groups is 1. The summed E-state index contributed by atoms with van der Waals surface area (Å²) in [5.41, 5.74) is 8.52. The van der Waals surface area contributed by atoms with Gasteiger partial charge in [-0.15, -0.1) is 24.0 Å². The van der Waals surface area contributed by atoms with Gasteiger partial charge in [0.15, 0.2) is 5.96 Å². The zero-order valence-electron chi connectivity index (χ0n) is 16.3. The number of para-hydroxylation sites is 1. The van der Waals surface area contributed by atoms with Crippen molar-refractivity contribution in [3.05, 3.63) is 64.7 Å². The van der Waals surface area contributed by atoms with E-state index in [0.29, 0.717) is 19.1 Å². The van der Waals surface area contributed by atoms with Crippen molar-refractivity contribution in [1.29, 1.82) is 0 Å². The number of fused-ring (bicyclic) bond motifs is 1. The summed E-state index contributed by atoms with van der Waals surface area (Å²) in [6, 6.07) is 16.3. The summed E-state index contributed by atoms with van der Waals surface area (Å²) >= 11 is 6.25. The van der Waals surface area contributed by atoms with E-state index in [1.54, 1.807) is 0 Å². The van der Waals surface area contributed by atoms with Crippen LogP contribution in [0.25, 0.3) is 0 Å². The fourth-order valence-electron chi connectivity index (χ4n) is 4.07. The van der Waals surface area contributed by atoms with Crippen molar-refractivity contribution in [2.75, 3.05) is 26.4 Å². The molecule has 2 aliphatic rings. The largest absolute Gasteiger partial charge is 0.493 e. The van der Waals surface area contributed by atoms with E-state index in [1.165, 1.54) is 5.56 Å².